The van der Waals surface area contributed by atoms with E-state index in [1.54, 1.807) is 37.3 Å². The van der Waals surface area contributed by atoms with Gasteiger partial charge in [-0.25, -0.2) is 0 Å². The van der Waals surface area contributed by atoms with E-state index in [9.17, 15) is 9.59 Å². The zero-order valence-electron chi connectivity index (χ0n) is 15.7. The molecule has 0 radical (unpaired) electrons. The number of rotatable bonds is 7. The Morgan fingerprint density at radius 3 is 2.26 bits per heavy atom. The molecule has 0 aromatic heterocycles. The van der Waals surface area contributed by atoms with Crippen molar-refractivity contribution in [2.24, 2.45) is 0 Å². The molecule has 2 rings (SSSR count). The van der Waals surface area contributed by atoms with Crippen molar-refractivity contribution in [3.63, 3.8) is 0 Å². The number of carbonyl (C=O) groups excluding carboxylic acids is 2. The van der Waals surface area contributed by atoms with Crippen molar-refractivity contribution < 1.29 is 14.3 Å². The van der Waals surface area contributed by atoms with Gasteiger partial charge in [0.15, 0.2) is 6.10 Å². The number of ether oxygens (including phenoxy) is 1. The number of carbonyl (C=O) groups is 2. The number of hydrogen-bond donors (Lipinski definition) is 2. The van der Waals surface area contributed by atoms with Gasteiger partial charge >= 0.3 is 0 Å². The highest BCUT2D eigenvalue weighted by Crippen LogP contribution is 2.20. The Labute approximate surface area is 159 Å². The van der Waals surface area contributed by atoms with Crippen molar-refractivity contribution in [2.45, 2.75) is 39.2 Å². The molecular formula is C21H23N3O3. The molecule has 0 aliphatic rings. The second-order valence-electron chi connectivity index (χ2n) is 6.44. The van der Waals surface area contributed by atoms with Crippen molar-refractivity contribution in [1.29, 1.82) is 5.26 Å². The van der Waals surface area contributed by atoms with Crippen LogP contribution in [-0.2, 0) is 9.59 Å². The Bertz CT molecular complexity index is 838. The number of hydrogen-bond acceptors (Lipinski definition) is 4. The number of amides is 2. The van der Waals surface area contributed by atoms with Gasteiger partial charge in [-0.15, -0.1) is 0 Å². The maximum Gasteiger partial charge on any atom is 0.265 e. The van der Waals surface area contributed by atoms with Gasteiger partial charge in [0.1, 0.15) is 12.2 Å². The summed E-state index contributed by atoms with van der Waals surface area (Å²) in [5.74, 6) is 0.353. The molecule has 1 atom stereocenters. The van der Waals surface area contributed by atoms with Crippen LogP contribution in [0.5, 0.6) is 5.75 Å². The maximum absolute atomic E-state index is 12.4. The molecule has 2 N–H and O–H groups in total. The minimum absolute atomic E-state index is 0.225. The van der Waals surface area contributed by atoms with Gasteiger partial charge in [0.25, 0.3) is 5.91 Å². The number of nitriles is 1. The molecule has 1 unspecified atom stereocenters. The zero-order chi connectivity index (χ0) is 19.8. The van der Waals surface area contributed by atoms with Crippen LogP contribution in [0.15, 0.2) is 48.5 Å². The molecule has 2 aromatic carbocycles. The lowest BCUT2D eigenvalue weighted by Gasteiger charge is -2.16. The fraction of sp³-hybridized carbons (Fsp3) is 0.286. The first-order chi connectivity index (χ1) is 12.9. The summed E-state index contributed by atoms with van der Waals surface area (Å²) in [6, 6.07) is 16.2. The summed E-state index contributed by atoms with van der Waals surface area (Å²) < 4.78 is 5.69. The molecule has 6 heteroatoms. The van der Waals surface area contributed by atoms with E-state index < -0.39 is 12.0 Å². The number of benzene rings is 2. The molecule has 2 amide bonds. The van der Waals surface area contributed by atoms with E-state index in [1.165, 1.54) is 5.56 Å². The summed E-state index contributed by atoms with van der Waals surface area (Å²) >= 11 is 0. The first-order valence-corrected chi connectivity index (χ1v) is 8.73. The topological polar surface area (TPSA) is 91.2 Å². The van der Waals surface area contributed by atoms with Gasteiger partial charge in [0.2, 0.25) is 5.91 Å². The third-order valence-electron chi connectivity index (χ3n) is 3.88. The first kappa shape index (κ1) is 20.0. The molecule has 0 aliphatic carbocycles. The summed E-state index contributed by atoms with van der Waals surface area (Å²) in [6.45, 7) is 5.90. The zero-order valence-corrected chi connectivity index (χ0v) is 15.7. The maximum atomic E-state index is 12.4. The van der Waals surface area contributed by atoms with Crippen LogP contribution >= 0.6 is 0 Å². The van der Waals surface area contributed by atoms with Crippen molar-refractivity contribution in [3.05, 3.63) is 54.1 Å². The fourth-order valence-electron chi connectivity index (χ4n) is 2.38. The van der Waals surface area contributed by atoms with Crippen LogP contribution in [0.2, 0.25) is 0 Å². The molecule has 0 heterocycles. The number of nitrogens with one attached hydrogen (secondary N) is 2. The lowest BCUT2D eigenvalue weighted by Crippen LogP contribution is -2.30. The van der Waals surface area contributed by atoms with Gasteiger partial charge in [0.05, 0.1) is 6.07 Å². The molecule has 0 bridgehead atoms. The highest BCUT2D eigenvalue weighted by Gasteiger charge is 2.15. The van der Waals surface area contributed by atoms with Crippen molar-refractivity contribution in [1.82, 2.24) is 0 Å². The van der Waals surface area contributed by atoms with Crippen LogP contribution in [0, 0.1) is 11.3 Å². The Morgan fingerprint density at radius 2 is 1.67 bits per heavy atom. The largest absolute Gasteiger partial charge is 0.481 e. The molecular weight excluding hydrogens is 342 g/mol. The van der Waals surface area contributed by atoms with Gasteiger partial charge in [0, 0.05) is 11.4 Å². The smallest absolute Gasteiger partial charge is 0.265 e. The van der Waals surface area contributed by atoms with Crippen LogP contribution in [0.4, 0.5) is 11.4 Å². The Hall–Kier alpha value is -3.33. The van der Waals surface area contributed by atoms with Crippen molar-refractivity contribution in [3.8, 4) is 11.8 Å². The predicted molar refractivity (Wildman–Crippen MR) is 105 cm³/mol. The molecule has 2 aromatic rings. The van der Waals surface area contributed by atoms with E-state index in [-0.39, 0.29) is 12.3 Å². The molecule has 27 heavy (non-hydrogen) atoms. The first-order valence-electron chi connectivity index (χ1n) is 8.73. The highest BCUT2D eigenvalue weighted by molar-refractivity contribution is 5.96. The molecule has 0 aliphatic heterocycles. The summed E-state index contributed by atoms with van der Waals surface area (Å²) in [5.41, 5.74) is 2.24. The summed E-state index contributed by atoms with van der Waals surface area (Å²) in [7, 11) is 0. The molecule has 6 nitrogen and oxygen atoms in total. The van der Waals surface area contributed by atoms with Crippen LogP contribution in [0.25, 0.3) is 0 Å². The lowest BCUT2D eigenvalue weighted by molar-refractivity contribution is -0.122. The number of nitrogens with zero attached hydrogens (tertiary/aromatic N) is 1. The molecule has 140 valence electrons. The molecule has 0 saturated carbocycles. The summed E-state index contributed by atoms with van der Waals surface area (Å²) in [6.07, 6.45) is -0.913. The standard InChI is InChI=1S/C21H23N3O3/c1-14(2)16-7-9-19(10-8-16)27-15(3)21(26)24-18-6-4-5-17(13-18)23-20(25)11-12-22/h4-10,13-15H,11H2,1-3H3,(H,23,25)(H,24,26). The van der Waals surface area contributed by atoms with Crippen molar-refractivity contribution in [2.75, 3.05) is 10.6 Å². The SMILES string of the molecule is CC(Oc1ccc(C(C)C)cc1)C(=O)Nc1cccc(NC(=O)CC#N)c1. The van der Waals surface area contributed by atoms with Gasteiger partial charge in [-0.2, -0.15) is 5.26 Å². The monoisotopic (exact) mass is 365 g/mol. The van der Waals surface area contributed by atoms with Crippen LogP contribution in [0.1, 0.15) is 38.7 Å². The summed E-state index contributed by atoms with van der Waals surface area (Å²) in [5, 5.41) is 13.9. The van der Waals surface area contributed by atoms with Gasteiger partial charge in [-0.1, -0.05) is 32.0 Å². The predicted octanol–water partition coefficient (Wildman–Crippen LogP) is 4.07. The average molecular weight is 365 g/mol. The minimum atomic E-state index is -0.688. The molecule has 0 spiro atoms. The van der Waals surface area contributed by atoms with E-state index in [4.69, 9.17) is 10.00 Å². The van der Waals surface area contributed by atoms with E-state index in [1.807, 2.05) is 24.3 Å². The van der Waals surface area contributed by atoms with Crippen LogP contribution in [-0.4, -0.2) is 17.9 Å². The third kappa shape index (κ3) is 6.15. The third-order valence-corrected chi connectivity index (χ3v) is 3.88. The average Bonchev–Trinajstić information content (AvgIpc) is 2.62. The van der Waals surface area contributed by atoms with Crippen molar-refractivity contribution >= 4 is 23.2 Å². The van der Waals surface area contributed by atoms with E-state index in [0.717, 1.165) is 0 Å². The minimum Gasteiger partial charge on any atom is -0.481 e. The second kappa shape index (κ2) is 9.39. The quantitative estimate of drug-likeness (QED) is 0.774. The van der Waals surface area contributed by atoms with Gasteiger partial charge < -0.3 is 15.4 Å². The van der Waals surface area contributed by atoms with Gasteiger partial charge in [-0.05, 0) is 48.7 Å². The van der Waals surface area contributed by atoms with E-state index >= 15 is 0 Å². The normalized spacial score (nSPS) is 11.4. The second-order valence-corrected chi connectivity index (χ2v) is 6.44. The Morgan fingerprint density at radius 1 is 1.04 bits per heavy atom. The lowest BCUT2D eigenvalue weighted by atomic mass is 10.0. The Balaban J connectivity index is 1.95. The van der Waals surface area contributed by atoms with E-state index in [0.29, 0.717) is 23.0 Å². The van der Waals surface area contributed by atoms with Gasteiger partial charge in [-0.3, -0.25) is 9.59 Å². The fourth-order valence-corrected chi connectivity index (χ4v) is 2.38. The Kier molecular flexibility index (Phi) is 6.95. The van der Waals surface area contributed by atoms with Crippen LogP contribution < -0.4 is 15.4 Å². The molecule has 0 fully saturated rings. The highest BCUT2D eigenvalue weighted by atomic mass is 16.5. The number of anilines is 2. The molecule has 0 saturated heterocycles. The van der Waals surface area contributed by atoms with E-state index in [2.05, 4.69) is 24.5 Å². The summed E-state index contributed by atoms with van der Waals surface area (Å²) in [4.78, 5) is 23.8. The van der Waals surface area contributed by atoms with Crippen LogP contribution in [0.3, 0.4) is 0 Å².